The van der Waals surface area contributed by atoms with Gasteiger partial charge in [0.25, 0.3) is 0 Å². The number of rotatable bonds is 14. The lowest BCUT2D eigenvalue weighted by Crippen LogP contribution is -2.16. The van der Waals surface area contributed by atoms with Crippen molar-refractivity contribution in [2.75, 3.05) is 18.9 Å². The highest BCUT2D eigenvalue weighted by atomic mass is 35.5. The molecule has 0 bridgehead atoms. The van der Waals surface area contributed by atoms with E-state index in [1.54, 1.807) is 0 Å². The van der Waals surface area contributed by atoms with Crippen LogP contribution < -0.4 is 5.32 Å². The highest BCUT2D eigenvalue weighted by Crippen LogP contribution is 2.31. The van der Waals surface area contributed by atoms with Crippen LogP contribution in [0, 0.1) is 0 Å². The maximum Gasteiger partial charge on any atom is 0.694 e. The van der Waals surface area contributed by atoms with Crippen molar-refractivity contribution in [2.45, 2.75) is 56.4 Å². The number of thioether (sulfide) groups is 1. The van der Waals surface area contributed by atoms with Gasteiger partial charge < -0.3 is 5.32 Å². The van der Waals surface area contributed by atoms with Crippen LogP contribution in [0.3, 0.4) is 0 Å². The number of nitrogens with one attached hydrogen (secondary N) is 1. The number of hydrogen-bond acceptors (Lipinski definition) is 4. The maximum absolute atomic E-state index is 10.4. The van der Waals surface area contributed by atoms with E-state index < -0.39 is 8.25 Å². The largest absolute Gasteiger partial charge is 0.694 e. The van der Waals surface area contributed by atoms with E-state index in [2.05, 4.69) is 66.2 Å². The first kappa shape index (κ1) is 25.3. The lowest BCUT2D eigenvalue weighted by molar-refractivity contribution is 0.276. The van der Waals surface area contributed by atoms with Gasteiger partial charge in [0.2, 0.25) is 0 Å². The van der Waals surface area contributed by atoms with Crippen LogP contribution >= 0.6 is 31.6 Å². The summed E-state index contributed by atoms with van der Waals surface area (Å²) >= 11 is 8.28. The third-order valence-electron chi connectivity index (χ3n) is 5.03. The van der Waals surface area contributed by atoms with Gasteiger partial charge in [-0.25, -0.2) is 0 Å². The second-order valence-electron chi connectivity index (χ2n) is 7.92. The van der Waals surface area contributed by atoms with Crippen LogP contribution in [0.5, 0.6) is 0 Å². The summed E-state index contributed by atoms with van der Waals surface area (Å²) in [5.41, 5.74) is 2.74. The summed E-state index contributed by atoms with van der Waals surface area (Å²) in [6, 6.07) is 16.9. The van der Waals surface area contributed by atoms with Crippen molar-refractivity contribution < 1.29 is 14.0 Å². The molecule has 0 saturated heterocycles. The van der Waals surface area contributed by atoms with Gasteiger partial charge in [-0.05, 0) is 60.2 Å². The molecule has 0 aromatic heterocycles. The maximum atomic E-state index is 10.4. The molecular formula is C23H32ClNO3PS+. The van der Waals surface area contributed by atoms with Crippen molar-refractivity contribution in [3.05, 3.63) is 64.7 Å². The summed E-state index contributed by atoms with van der Waals surface area (Å²) in [6.07, 6.45) is 4.23. The fourth-order valence-electron chi connectivity index (χ4n) is 3.23. The molecule has 1 atom stereocenters. The van der Waals surface area contributed by atoms with Crippen LogP contribution in [0.25, 0.3) is 0 Å². The first-order chi connectivity index (χ1) is 14.4. The Bertz CT molecular complexity index is 789. The molecule has 0 fully saturated rings. The molecule has 7 heteroatoms. The predicted molar refractivity (Wildman–Crippen MR) is 128 cm³/mol. The van der Waals surface area contributed by atoms with Crippen molar-refractivity contribution in [1.82, 2.24) is 5.32 Å². The Labute approximate surface area is 190 Å². The summed E-state index contributed by atoms with van der Waals surface area (Å²) in [5.74, 6) is 1.06. The average Bonchev–Trinajstić information content (AvgIpc) is 2.72. The molecule has 0 saturated carbocycles. The number of halogens is 1. The molecule has 0 amide bonds. The van der Waals surface area contributed by atoms with E-state index in [0.29, 0.717) is 13.0 Å². The molecule has 0 spiro atoms. The van der Waals surface area contributed by atoms with Crippen LogP contribution in [0.2, 0.25) is 5.02 Å². The lowest BCUT2D eigenvalue weighted by atomic mass is 9.80. The third kappa shape index (κ3) is 9.47. The number of hydrogen-bond donors (Lipinski definition) is 2. The Hall–Kier alpha value is -0.940. The molecule has 0 radical (unpaired) electrons. The topological polar surface area (TPSA) is 58.6 Å². The fourth-order valence-corrected chi connectivity index (χ4v) is 4.81. The molecule has 2 N–H and O–H groups in total. The fraction of sp³-hybridized carbons (Fsp3) is 0.478. The van der Waals surface area contributed by atoms with E-state index in [1.807, 2.05) is 17.8 Å². The molecule has 0 heterocycles. The average molecular weight is 469 g/mol. The molecule has 2 rings (SSSR count). The van der Waals surface area contributed by atoms with Crippen LogP contribution in [-0.2, 0) is 21.0 Å². The van der Waals surface area contributed by atoms with Crippen molar-refractivity contribution >= 4 is 31.6 Å². The van der Waals surface area contributed by atoms with E-state index in [0.717, 1.165) is 27.8 Å². The zero-order valence-corrected chi connectivity index (χ0v) is 20.2. The molecule has 2 aromatic rings. The zero-order chi connectivity index (χ0) is 21.8. The Morgan fingerprint density at radius 1 is 1.13 bits per heavy atom. The standard InChI is InChI=1S/C23H31ClNO3PS/c1-23(2,20-9-4-3-5-10-20)13-6-7-16-30-22-12-11-19(17-21(22)24)18-25-14-8-15-28-29(26)27/h3-5,9-12,17,25H,6-8,13-16,18H2,1-2H3/p+1. The van der Waals surface area contributed by atoms with Crippen LogP contribution in [-0.4, -0.2) is 23.8 Å². The normalized spacial score (nSPS) is 12.2. The van der Waals surface area contributed by atoms with Gasteiger partial charge >= 0.3 is 8.25 Å². The van der Waals surface area contributed by atoms with Gasteiger partial charge in [-0.15, -0.1) is 21.2 Å². The number of unbranched alkanes of at least 4 members (excludes halogenated alkanes) is 1. The van der Waals surface area contributed by atoms with E-state index >= 15 is 0 Å². The van der Waals surface area contributed by atoms with Crippen molar-refractivity contribution in [1.29, 1.82) is 0 Å². The molecular weight excluding hydrogens is 437 g/mol. The quantitative estimate of drug-likeness (QED) is 0.183. The molecule has 1 unspecified atom stereocenters. The Morgan fingerprint density at radius 2 is 1.90 bits per heavy atom. The SMILES string of the molecule is CC(C)(CCCCSc1ccc(CNCCCO[P+](=O)O)cc1Cl)c1ccccc1. The molecule has 164 valence electrons. The summed E-state index contributed by atoms with van der Waals surface area (Å²) in [4.78, 5) is 9.70. The Kier molecular flexibility index (Phi) is 11.4. The van der Waals surface area contributed by atoms with Gasteiger partial charge in [-0.2, -0.15) is 0 Å². The minimum absolute atomic E-state index is 0.208. The van der Waals surface area contributed by atoms with Gasteiger partial charge in [0.05, 0.1) is 5.02 Å². The molecule has 30 heavy (non-hydrogen) atoms. The van der Waals surface area contributed by atoms with Crippen LogP contribution in [0.1, 0.15) is 50.7 Å². The molecule has 0 aliphatic carbocycles. The van der Waals surface area contributed by atoms with Crippen LogP contribution in [0.15, 0.2) is 53.4 Å². The van der Waals surface area contributed by atoms with Gasteiger partial charge in [-0.3, -0.25) is 0 Å². The van der Waals surface area contributed by atoms with E-state index in [1.165, 1.54) is 24.8 Å². The second kappa shape index (κ2) is 13.5. The van der Waals surface area contributed by atoms with Crippen molar-refractivity contribution in [3.63, 3.8) is 0 Å². The summed E-state index contributed by atoms with van der Waals surface area (Å²) < 4.78 is 15.1. The smallest absolute Gasteiger partial charge is 0.313 e. The minimum Gasteiger partial charge on any atom is -0.313 e. The summed E-state index contributed by atoms with van der Waals surface area (Å²) in [6.45, 7) is 6.35. The summed E-state index contributed by atoms with van der Waals surface area (Å²) in [7, 11) is -2.50. The van der Waals surface area contributed by atoms with E-state index in [-0.39, 0.29) is 12.0 Å². The summed E-state index contributed by atoms with van der Waals surface area (Å²) in [5, 5.41) is 4.08. The Balaban J connectivity index is 1.65. The Morgan fingerprint density at radius 3 is 2.60 bits per heavy atom. The molecule has 0 aliphatic rings. The minimum atomic E-state index is -2.50. The van der Waals surface area contributed by atoms with Crippen molar-refractivity contribution in [3.8, 4) is 0 Å². The van der Waals surface area contributed by atoms with Gasteiger partial charge in [-0.1, -0.05) is 68.3 Å². The highest BCUT2D eigenvalue weighted by molar-refractivity contribution is 7.99. The molecule has 2 aromatic carbocycles. The number of benzene rings is 2. The highest BCUT2D eigenvalue weighted by Gasteiger charge is 2.19. The molecule has 4 nitrogen and oxygen atoms in total. The van der Waals surface area contributed by atoms with Gasteiger partial charge in [0.1, 0.15) is 6.61 Å². The van der Waals surface area contributed by atoms with Gasteiger partial charge in [0.15, 0.2) is 0 Å². The first-order valence-electron chi connectivity index (χ1n) is 10.3. The van der Waals surface area contributed by atoms with Crippen molar-refractivity contribution in [2.24, 2.45) is 0 Å². The van der Waals surface area contributed by atoms with Gasteiger partial charge in [0, 0.05) is 16.0 Å². The zero-order valence-electron chi connectivity index (χ0n) is 17.8. The molecule has 0 aliphatic heterocycles. The van der Waals surface area contributed by atoms with Crippen LogP contribution in [0.4, 0.5) is 0 Å². The lowest BCUT2D eigenvalue weighted by Gasteiger charge is -2.25. The second-order valence-corrected chi connectivity index (χ2v) is 10.2. The first-order valence-corrected chi connectivity index (χ1v) is 12.8. The monoisotopic (exact) mass is 468 g/mol. The van der Waals surface area contributed by atoms with E-state index in [9.17, 15) is 4.57 Å². The van der Waals surface area contributed by atoms with E-state index in [4.69, 9.17) is 16.5 Å². The predicted octanol–water partition coefficient (Wildman–Crippen LogP) is 6.73. The third-order valence-corrected chi connectivity index (χ3v) is 7.02.